The van der Waals surface area contributed by atoms with Crippen molar-refractivity contribution in [3.63, 3.8) is 0 Å². The Hall–Kier alpha value is -4.39. The summed E-state index contributed by atoms with van der Waals surface area (Å²) in [6, 6.07) is 24.6. The largest absolute Gasteiger partial charge is 0.484 e. The molecule has 0 unspecified atom stereocenters. The van der Waals surface area contributed by atoms with Gasteiger partial charge in [0.05, 0.1) is 28.0 Å². The molecule has 34 heavy (non-hydrogen) atoms. The van der Waals surface area contributed by atoms with E-state index in [4.69, 9.17) is 9.47 Å². The van der Waals surface area contributed by atoms with Gasteiger partial charge in [0.25, 0.3) is 0 Å². The van der Waals surface area contributed by atoms with Crippen LogP contribution in [-0.2, 0) is 18.0 Å². The minimum Gasteiger partial charge on any atom is -0.484 e. The van der Waals surface area contributed by atoms with Crippen LogP contribution in [0.2, 0.25) is 0 Å². The number of hydrogen-bond donors (Lipinski definition) is 0. The van der Waals surface area contributed by atoms with Gasteiger partial charge in [0.15, 0.2) is 11.6 Å². The van der Waals surface area contributed by atoms with E-state index >= 15 is 0 Å². The van der Waals surface area contributed by atoms with Crippen LogP contribution in [0.15, 0.2) is 84.9 Å². The van der Waals surface area contributed by atoms with Gasteiger partial charge in [0.2, 0.25) is 5.82 Å². The zero-order valence-electron chi connectivity index (χ0n) is 17.9. The quantitative estimate of drug-likeness (QED) is 0.294. The van der Waals surface area contributed by atoms with Crippen molar-refractivity contribution in [1.82, 2.24) is 9.97 Å². The van der Waals surface area contributed by atoms with E-state index in [1.165, 1.54) is 6.07 Å². The molecule has 0 saturated carbocycles. The molecular weight excluding hydrogens is 438 g/mol. The van der Waals surface area contributed by atoms with Crippen LogP contribution in [0.5, 0.6) is 5.75 Å². The van der Waals surface area contributed by atoms with E-state index in [9.17, 15) is 13.6 Å². The number of nitrogens with zero attached hydrogens (tertiary/aromatic N) is 2. The van der Waals surface area contributed by atoms with Crippen molar-refractivity contribution in [3.8, 4) is 5.75 Å². The molecule has 0 aliphatic rings. The molecule has 7 heteroatoms. The lowest BCUT2D eigenvalue weighted by atomic mass is 10.2. The number of hydrogen-bond acceptors (Lipinski definition) is 5. The Labute approximate surface area is 193 Å². The number of aromatic nitrogens is 2. The Balaban J connectivity index is 1.26. The predicted octanol–water partition coefficient (Wildman–Crippen LogP) is 6.00. The van der Waals surface area contributed by atoms with Gasteiger partial charge in [-0.05, 0) is 36.4 Å². The first-order valence-corrected chi connectivity index (χ1v) is 10.6. The Bertz CT molecular complexity index is 1520. The number of carbonyl (C=O) groups excluding carboxylic acids is 1. The lowest BCUT2D eigenvalue weighted by Crippen LogP contribution is -2.10. The average molecular weight is 456 g/mol. The van der Waals surface area contributed by atoms with Gasteiger partial charge in [-0.25, -0.2) is 19.2 Å². The maximum Gasteiger partial charge on any atom is 0.341 e. The molecule has 0 aliphatic carbocycles. The Kier molecular flexibility index (Phi) is 5.82. The standard InChI is InChI=1S/C27H18F2N2O3/c28-25-21(27(32)34-16-20-12-10-18-6-2-4-8-23(18)31-20)13-14-24(26(25)29)33-15-19-11-9-17-5-1-3-7-22(17)30-19/h1-14H,15-16H2. The SMILES string of the molecule is O=C(OCc1ccc2ccccc2n1)c1ccc(OCc2ccc3ccccc3n2)c(F)c1F. The summed E-state index contributed by atoms with van der Waals surface area (Å²) in [7, 11) is 0. The number of fused-ring (bicyclic) bond motifs is 2. The predicted molar refractivity (Wildman–Crippen MR) is 123 cm³/mol. The van der Waals surface area contributed by atoms with Crippen LogP contribution in [0, 0.1) is 11.6 Å². The van der Waals surface area contributed by atoms with Crippen molar-refractivity contribution < 1.29 is 23.0 Å². The van der Waals surface area contributed by atoms with Crippen molar-refractivity contribution in [2.24, 2.45) is 0 Å². The second kappa shape index (κ2) is 9.23. The molecule has 5 nitrogen and oxygen atoms in total. The van der Waals surface area contributed by atoms with Gasteiger partial charge in [0, 0.05) is 10.8 Å². The van der Waals surface area contributed by atoms with Gasteiger partial charge in [-0.3, -0.25) is 0 Å². The highest BCUT2D eigenvalue weighted by Crippen LogP contribution is 2.25. The normalized spacial score (nSPS) is 11.0. The highest BCUT2D eigenvalue weighted by Gasteiger charge is 2.21. The number of pyridine rings is 2. The van der Waals surface area contributed by atoms with E-state index in [0.717, 1.165) is 27.9 Å². The smallest absolute Gasteiger partial charge is 0.341 e. The summed E-state index contributed by atoms with van der Waals surface area (Å²) < 4.78 is 39.7. The van der Waals surface area contributed by atoms with Crippen molar-refractivity contribution in [2.75, 3.05) is 0 Å². The highest BCUT2D eigenvalue weighted by molar-refractivity contribution is 5.90. The summed E-state index contributed by atoms with van der Waals surface area (Å²) >= 11 is 0. The third-order valence-corrected chi connectivity index (χ3v) is 5.31. The summed E-state index contributed by atoms with van der Waals surface area (Å²) in [5.41, 5.74) is 2.06. The Morgan fingerprint density at radius 1 is 0.676 bits per heavy atom. The van der Waals surface area contributed by atoms with E-state index < -0.39 is 23.2 Å². The molecule has 3 aromatic carbocycles. The van der Waals surface area contributed by atoms with Crippen LogP contribution in [0.1, 0.15) is 21.7 Å². The fourth-order valence-corrected chi connectivity index (χ4v) is 3.55. The first kappa shape index (κ1) is 21.5. The lowest BCUT2D eigenvalue weighted by Gasteiger charge is -2.11. The fourth-order valence-electron chi connectivity index (χ4n) is 3.55. The van der Waals surface area contributed by atoms with Crippen molar-refractivity contribution in [3.05, 3.63) is 114 Å². The van der Waals surface area contributed by atoms with E-state index in [1.54, 1.807) is 12.1 Å². The fraction of sp³-hybridized carbons (Fsp3) is 0.0741. The summed E-state index contributed by atoms with van der Waals surface area (Å²) in [5.74, 6) is -3.91. The maximum absolute atomic E-state index is 14.6. The summed E-state index contributed by atoms with van der Waals surface area (Å²) in [6.45, 7) is -0.227. The van der Waals surface area contributed by atoms with Crippen LogP contribution < -0.4 is 4.74 Å². The Morgan fingerprint density at radius 3 is 1.91 bits per heavy atom. The van der Waals surface area contributed by atoms with Crippen LogP contribution in [-0.4, -0.2) is 15.9 Å². The second-order valence-electron chi connectivity index (χ2n) is 7.59. The van der Waals surface area contributed by atoms with Crippen LogP contribution in [0.3, 0.4) is 0 Å². The maximum atomic E-state index is 14.6. The van der Waals surface area contributed by atoms with E-state index in [2.05, 4.69) is 9.97 Å². The van der Waals surface area contributed by atoms with E-state index in [0.29, 0.717) is 11.4 Å². The van der Waals surface area contributed by atoms with Gasteiger partial charge < -0.3 is 9.47 Å². The molecule has 2 aromatic heterocycles. The molecule has 2 heterocycles. The van der Waals surface area contributed by atoms with Crippen LogP contribution >= 0.6 is 0 Å². The zero-order valence-corrected chi connectivity index (χ0v) is 17.9. The molecule has 0 aliphatic heterocycles. The average Bonchev–Trinajstić information content (AvgIpc) is 2.88. The first-order valence-electron chi connectivity index (χ1n) is 10.6. The number of rotatable bonds is 6. The van der Waals surface area contributed by atoms with Gasteiger partial charge >= 0.3 is 5.97 Å². The number of benzene rings is 3. The molecule has 5 aromatic rings. The summed E-state index contributed by atoms with van der Waals surface area (Å²) in [5, 5.41) is 1.91. The molecular formula is C27H18F2N2O3. The minimum atomic E-state index is -1.33. The van der Waals surface area contributed by atoms with Crippen molar-refractivity contribution >= 4 is 27.8 Å². The van der Waals surface area contributed by atoms with Crippen LogP contribution in [0.4, 0.5) is 8.78 Å². The first-order chi connectivity index (χ1) is 16.6. The molecule has 0 amide bonds. The molecule has 0 saturated heterocycles. The lowest BCUT2D eigenvalue weighted by molar-refractivity contribution is 0.0461. The molecule has 5 rings (SSSR count). The molecule has 0 bridgehead atoms. The van der Waals surface area contributed by atoms with E-state index in [1.807, 2.05) is 60.7 Å². The number of para-hydroxylation sites is 2. The minimum absolute atomic E-state index is 0.0569. The molecule has 0 N–H and O–H groups in total. The number of esters is 1. The number of halogens is 2. The molecule has 0 spiro atoms. The van der Waals surface area contributed by atoms with Crippen LogP contribution in [0.25, 0.3) is 21.8 Å². The Morgan fingerprint density at radius 2 is 1.26 bits per heavy atom. The topological polar surface area (TPSA) is 61.3 Å². The molecule has 0 radical (unpaired) electrons. The van der Waals surface area contributed by atoms with Gasteiger partial charge in [-0.2, -0.15) is 4.39 Å². The molecule has 0 fully saturated rings. The van der Waals surface area contributed by atoms with E-state index in [-0.39, 0.29) is 19.0 Å². The van der Waals surface area contributed by atoms with Crippen molar-refractivity contribution in [2.45, 2.75) is 13.2 Å². The third kappa shape index (κ3) is 4.41. The zero-order chi connectivity index (χ0) is 23.5. The van der Waals surface area contributed by atoms with Gasteiger partial charge in [-0.15, -0.1) is 0 Å². The molecule has 0 atom stereocenters. The summed E-state index contributed by atoms with van der Waals surface area (Å²) in [4.78, 5) is 21.2. The summed E-state index contributed by atoms with van der Waals surface area (Å²) in [6.07, 6.45) is 0. The van der Waals surface area contributed by atoms with Crippen molar-refractivity contribution in [1.29, 1.82) is 0 Å². The second-order valence-corrected chi connectivity index (χ2v) is 7.59. The number of ether oxygens (including phenoxy) is 2. The third-order valence-electron chi connectivity index (χ3n) is 5.31. The van der Waals surface area contributed by atoms with Gasteiger partial charge in [-0.1, -0.05) is 48.5 Å². The monoisotopic (exact) mass is 456 g/mol. The number of carbonyl (C=O) groups is 1. The highest BCUT2D eigenvalue weighted by atomic mass is 19.2. The van der Waals surface area contributed by atoms with Gasteiger partial charge in [0.1, 0.15) is 13.2 Å². The molecule has 168 valence electrons.